The molecule has 6 aromatic heterocycles. The first kappa shape index (κ1) is 51.3. The van der Waals surface area contributed by atoms with E-state index in [1.165, 1.54) is 10.9 Å². The number of nitrogens with zero attached hydrogens (tertiary/aromatic N) is 13. The number of hydrogen-bond donors (Lipinski definition) is 9. The highest BCUT2D eigenvalue weighted by molar-refractivity contribution is 5.86. The molecule has 4 fully saturated rings. The molecule has 9 heterocycles. The fraction of sp³-hybridized carbons (Fsp3) is 0.604. The van der Waals surface area contributed by atoms with Gasteiger partial charge in [-0.3, -0.25) is 18.7 Å². The number of aliphatic hydroxyl groups excluding tert-OH is 2. The van der Waals surface area contributed by atoms with E-state index in [-0.39, 0.29) is 30.1 Å². The second-order valence-corrected chi connectivity index (χ2v) is 19.8. The van der Waals surface area contributed by atoms with Gasteiger partial charge in [-0.15, -0.1) is 0 Å². The van der Waals surface area contributed by atoms with Crippen LogP contribution in [0.4, 0.5) is 28.3 Å². The van der Waals surface area contributed by atoms with Crippen LogP contribution < -0.4 is 37.2 Å². The Labute approximate surface area is 432 Å². The van der Waals surface area contributed by atoms with Crippen LogP contribution in [-0.4, -0.2) is 173 Å². The molecular formula is C48H68N20O7. The summed E-state index contributed by atoms with van der Waals surface area (Å²) >= 11 is 0. The van der Waals surface area contributed by atoms with Crippen LogP contribution in [0.25, 0.3) is 22.3 Å². The molecular weight excluding hydrogens is 969 g/mol. The summed E-state index contributed by atoms with van der Waals surface area (Å²) in [5.74, 6) is 1.16. The topological polar surface area (TPSA) is 320 Å². The monoisotopic (exact) mass is 1040 g/mol. The van der Waals surface area contributed by atoms with E-state index in [2.05, 4.69) is 52.2 Å². The first-order valence-corrected chi connectivity index (χ1v) is 26.1. The number of anilines is 4. The average molecular weight is 1040 g/mol. The smallest absolute Gasteiger partial charge is 0.317 e. The lowest BCUT2D eigenvalue weighted by molar-refractivity contribution is -0.137. The zero-order valence-electron chi connectivity index (χ0n) is 42.7. The Hall–Kier alpha value is -7.23. The Morgan fingerprint density at radius 1 is 0.627 bits per heavy atom. The number of likely N-dealkylation sites (tertiary alicyclic amines) is 1. The molecule has 4 aliphatic rings. The average Bonchev–Trinajstić information content (AvgIpc) is 4.29. The number of aliphatic hydroxyl groups is 2. The molecule has 4 amide bonds. The van der Waals surface area contributed by atoms with E-state index in [4.69, 9.17) is 34.4 Å². The highest BCUT2D eigenvalue weighted by Crippen LogP contribution is 2.35. The number of hydrogen-bond acceptors (Lipinski definition) is 19. The predicted molar refractivity (Wildman–Crippen MR) is 274 cm³/mol. The largest absolute Gasteiger partial charge is 0.387 e. The van der Waals surface area contributed by atoms with Crippen LogP contribution in [0.15, 0.2) is 37.7 Å². The van der Waals surface area contributed by atoms with Crippen LogP contribution in [0.5, 0.6) is 0 Å². The number of imidazole rings is 4. The fourth-order valence-electron chi connectivity index (χ4n) is 10.3. The van der Waals surface area contributed by atoms with Crippen molar-refractivity contribution >= 4 is 63.7 Å². The maximum atomic E-state index is 13.8. The number of amides is 4. The summed E-state index contributed by atoms with van der Waals surface area (Å²) in [6, 6.07) is -0.0606. The minimum atomic E-state index is -1.47. The standard InChI is InChI=1S/C48H68N20O7/c1-5-49-43(71)32-11-12-33(74-32)67-25-55-34-39(60-46(62-41(34)67)51-17-13-30-21-64(3)23-53-30)57-27-7-9-28(10-8-27)59-48(73)66-19-15-29(16-20-66)58-40-35-42(63-47(61-40)52-18-14-31-22-65(4)24-54-31)68(26-56-35)45-37(70)36(69)38(75-45)44(72)50-6-2/h21-29,32-33,36-38,45,69-70H,5-20H2,1-4H3,(H,49,71)(H,50,72)(H,59,73)(H2,51,57,60,62)(H2,52,58,61,63)/t27-,28-,32-,33+,36-,37+,38-,45+/m0/s1. The van der Waals surface area contributed by atoms with Crippen LogP contribution in [0.3, 0.4) is 0 Å². The zero-order chi connectivity index (χ0) is 52.2. The first-order valence-electron chi connectivity index (χ1n) is 26.1. The van der Waals surface area contributed by atoms with Crippen molar-refractivity contribution in [1.29, 1.82) is 0 Å². The van der Waals surface area contributed by atoms with Crippen molar-refractivity contribution in [2.45, 2.75) is 133 Å². The molecule has 9 N–H and O–H groups in total. The third-order valence-corrected chi connectivity index (χ3v) is 14.3. The van der Waals surface area contributed by atoms with Gasteiger partial charge < -0.3 is 70.9 Å². The second-order valence-electron chi connectivity index (χ2n) is 19.8. The number of carbonyl (C=O) groups is 3. The van der Waals surface area contributed by atoms with Crippen molar-refractivity contribution in [2.75, 3.05) is 60.5 Å². The van der Waals surface area contributed by atoms with Gasteiger partial charge in [0.1, 0.15) is 24.5 Å². The van der Waals surface area contributed by atoms with Crippen molar-refractivity contribution in [3.8, 4) is 0 Å². The van der Waals surface area contributed by atoms with Gasteiger partial charge in [-0.05, 0) is 65.2 Å². The van der Waals surface area contributed by atoms with E-state index in [9.17, 15) is 24.6 Å². The van der Waals surface area contributed by atoms with E-state index in [0.29, 0.717) is 124 Å². The number of rotatable bonds is 19. The lowest BCUT2D eigenvalue weighted by atomic mass is 9.91. The van der Waals surface area contributed by atoms with Gasteiger partial charge >= 0.3 is 6.03 Å². The number of likely N-dealkylation sites (N-methyl/N-ethyl adjacent to an activating group) is 2. The number of fused-ring (bicyclic) bond motifs is 2. The number of ether oxygens (including phenoxy) is 2. The molecule has 1 saturated carbocycles. The first-order chi connectivity index (χ1) is 36.4. The SMILES string of the molecule is CCNC(=O)[C@@H]1CC[C@H](n2cnc3c(N[C@H]4CC[C@H](NC(=O)N5CCC(Nc6nc(NCCc7cn(C)cn7)nc7c6ncn7[C@@H]6O[C@H](C(=O)NCC)[C@@H](O)[C@H]6O)CC5)CC4)nc(NCCc4cn(C)cn4)nc32)O1. The summed E-state index contributed by atoms with van der Waals surface area (Å²) in [5.41, 5.74) is 3.82. The van der Waals surface area contributed by atoms with Gasteiger partial charge in [-0.25, -0.2) is 24.7 Å². The Kier molecular flexibility index (Phi) is 15.5. The molecule has 3 saturated heterocycles. The van der Waals surface area contributed by atoms with Gasteiger partial charge in [0.25, 0.3) is 5.91 Å². The number of urea groups is 1. The van der Waals surface area contributed by atoms with E-state index in [1.807, 2.05) is 52.0 Å². The third-order valence-electron chi connectivity index (χ3n) is 14.3. The summed E-state index contributed by atoms with van der Waals surface area (Å²) in [6.45, 7) is 6.60. The molecule has 6 atom stereocenters. The van der Waals surface area contributed by atoms with Crippen molar-refractivity contribution in [3.63, 3.8) is 0 Å². The van der Waals surface area contributed by atoms with Gasteiger partial charge in [0.2, 0.25) is 17.8 Å². The molecule has 0 radical (unpaired) electrons. The van der Waals surface area contributed by atoms with Gasteiger partial charge in [-0.1, -0.05) is 0 Å². The molecule has 3 aliphatic heterocycles. The Morgan fingerprint density at radius 3 is 1.75 bits per heavy atom. The van der Waals surface area contributed by atoms with Gasteiger partial charge in [0.15, 0.2) is 46.3 Å². The lowest BCUT2D eigenvalue weighted by Gasteiger charge is -2.35. The molecule has 0 unspecified atom stereocenters. The van der Waals surface area contributed by atoms with Crippen LogP contribution in [-0.2, 0) is 46.0 Å². The lowest BCUT2D eigenvalue weighted by Crippen LogP contribution is -2.50. The highest BCUT2D eigenvalue weighted by atomic mass is 16.6. The maximum Gasteiger partial charge on any atom is 0.317 e. The van der Waals surface area contributed by atoms with E-state index in [1.54, 1.807) is 25.9 Å². The Morgan fingerprint density at radius 2 is 1.17 bits per heavy atom. The van der Waals surface area contributed by atoms with Gasteiger partial charge in [0, 0.05) is 96.7 Å². The minimum absolute atomic E-state index is 0.00464. The van der Waals surface area contributed by atoms with E-state index in [0.717, 1.165) is 37.1 Å². The second kappa shape index (κ2) is 22.7. The van der Waals surface area contributed by atoms with E-state index < -0.39 is 42.8 Å². The van der Waals surface area contributed by atoms with Crippen molar-refractivity contribution in [1.82, 2.24) is 79.0 Å². The minimum Gasteiger partial charge on any atom is -0.387 e. The highest BCUT2D eigenvalue weighted by Gasteiger charge is 2.48. The molecule has 10 rings (SSSR count). The molecule has 0 bridgehead atoms. The number of piperidine rings is 1. The maximum absolute atomic E-state index is 13.8. The quantitative estimate of drug-likeness (QED) is 0.0552. The molecule has 402 valence electrons. The van der Waals surface area contributed by atoms with Crippen molar-refractivity contribution in [2.24, 2.45) is 14.1 Å². The van der Waals surface area contributed by atoms with Crippen molar-refractivity contribution < 1.29 is 34.1 Å². The molecule has 75 heavy (non-hydrogen) atoms. The van der Waals surface area contributed by atoms with E-state index >= 15 is 0 Å². The molecule has 1 aliphatic carbocycles. The number of aryl methyl sites for hydroxylation is 2. The Balaban J connectivity index is 0.754. The van der Waals surface area contributed by atoms with Crippen LogP contribution in [0.1, 0.15) is 89.1 Å². The Bertz CT molecular complexity index is 2940. The van der Waals surface area contributed by atoms with Gasteiger partial charge in [-0.2, -0.15) is 19.9 Å². The van der Waals surface area contributed by atoms with Crippen LogP contribution >= 0.6 is 0 Å². The number of carbonyl (C=O) groups excluding carboxylic acids is 3. The normalized spacial score (nSPS) is 24.2. The summed E-state index contributed by atoms with van der Waals surface area (Å²) < 4.78 is 19.3. The van der Waals surface area contributed by atoms with Crippen LogP contribution in [0, 0.1) is 0 Å². The predicted octanol–water partition coefficient (Wildman–Crippen LogP) is 1.32. The zero-order valence-corrected chi connectivity index (χ0v) is 42.7. The summed E-state index contributed by atoms with van der Waals surface area (Å²) in [4.78, 5) is 78.5. The number of nitrogens with one attached hydrogen (secondary N) is 7. The molecule has 0 spiro atoms. The van der Waals surface area contributed by atoms with Crippen LogP contribution in [0.2, 0.25) is 0 Å². The summed E-state index contributed by atoms with van der Waals surface area (Å²) in [6.07, 6.45) is 11.3. The third kappa shape index (κ3) is 11.5. The molecule has 27 nitrogen and oxygen atoms in total. The molecule has 0 aromatic carbocycles. The van der Waals surface area contributed by atoms with Crippen molar-refractivity contribution in [3.05, 3.63) is 49.1 Å². The molecule has 27 heteroatoms. The number of aromatic nitrogens is 12. The summed E-state index contributed by atoms with van der Waals surface area (Å²) in [7, 11) is 3.85. The fourth-order valence-corrected chi connectivity index (χ4v) is 10.3. The molecule has 6 aromatic rings. The summed E-state index contributed by atoms with van der Waals surface area (Å²) in [5, 5.41) is 44.6. The van der Waals surface area contributed by atoms with Gasteiger partial charge in [0.05, 0.1) is 36.7 Å².